The van der Waals surface area contributed by atoms with Crippen molar-refractivity contribution in [1.82, 2.24) is 5.32 Å². The number of carbonyl (C=O) groups excluding carboxylic acids is 1. The van der Waals surface area contributed by atoms with Crippen LogP contribution in [0.5, 0.6) is 5.75 Å². The highest BCUT2D eigenvalue weighted by Gasteiger charge is 2.04. The van der Waals surface area contributed by atoms with Gasteiger partial charge in [0.15, 0.2) is 0 Å². The number of rotatable bonds is 8. The summed E-state index contributed by atoms with van der Waals surface area (Å²) in [5.74, 6) is 0.997. The second kappa shape index (κ2) is 9.11. The SMILES string of the molecule is CC(C)Cc1ccc(CC(=O)NCCCc2ccc(O)cc2)cc1. The molecule has 2 aromatic carbocycles. The van der Waals surface area contributed by atoms with Crippen LogP contribution in [0, 0.1) is 5.92 Å². The van der Waals surface area contributed by atoms with E-state index in [1.54, 1.807) is 12.1 Å². The zero-order valence-electron chi connectivity index (χ0n) is 14.6. The van der Waals surface area contributed by atoms with Crippen LogP contribution >= 0.6 is 0 Å². The molecule has 0 radical (unpaired) electrons. The van der Waals surface area contributed by atoms with Crippen molar-refractivity contribution in [1.29, 1.82) is 0 Å². The molecule has 0 aliphatic carbocycles. The van der Waals surface area contributed by atoms with E-state index in [9.17, 15) is 9.90 Å². The highest BCUT2D eigenvalue weighted by Crippen LogP contribution is 2.11. The number of hydrogen-bond donors (Lipinski definition) is 2. The van der Waals surface area contributed by atoms with Gasteiger partial charge in [-0.1, -0.05) is 50.2 Å². The van der Waals surface area contributed by atoms with Gasteiger partial charge in [-0.25, -0.2) is 0 Å². The third-order valence-corrected chi connectivity index (χ3v) is 3.93. The lowest BCUT2D eigenvalue weighted by molar-refractivity contribution is -0.120. The summed E-state index contributed by atoms with van der Waals surface area (Å²) < 4.78 is 0. The first-order valence-electron chi connectivity index (χ1n) is 8.65. The minimum atomic E-state index is 0.0670. The van der Waals surface area contributed by atoms with Gasteiger partial charge in [-0.05, 0) is 54.0 Å². The zero-order chi connectivity index (χ0) is 17.4. The van der Waals surface area contributed by atoms with E-state index in [4.69, 9.17) is 0 Å². The third kappa shape index (κ3) is 6.45. The highest BCUT2D eigenvalue weighted by atomic mass is 16.3. The molecule has 2 N–H and O–H groups in total. The van der Waals surface area contributed by atoms with Crippen molar-refractivity contribution in [3.8, 4) is 5.75 Å². The Morgan fingerprint density at radius 2 is 1.54 bits per heavy atom. The van der Waals surface area contributed by atoms with Gasteiger partial charge in [0.05, 0.1) is 6.42 Å². The number of aryl methyl sites for hydroxylation is 1. The Bertz CT molecular complexity index is 630. The monoisotopic (exact) mass is 325 g/mol. The van der Waals surface area contributed by atoms with Crippen molar-refractivity contribution in [3.05, 3.63) is 65.2 Å². The maximum Gasteiger partial charge on any atom is 0.224 e. The molecule has 0 saturated carbocycles. The Morgan fingerprint density at radius 3 is 2.17 bits per heavy atom. The molecule has 0 aliphatic rings. The smallest absolute Gasteiger partial charge is 0.224 e. The van der Waals surface area contributed by atoms with Crippen molar-refractivity contribution >= 4 is 5.91 Å². The van der Waals surface area contributed by atoms with Gasteiger partial charge >= 0.3 is 0 Å². The van der Waals surface area contributed by atoms with Crippen LogP contribution < -0.4 is 5.32 Å². The summed E-state index contributed by atoms with van der Waals surface area (Å²) in [4.78, 5) is 12.0. The number of hydrogen-bond acceptors (Lipinski definition) is 2. The summed E-state index contributed by atoms with van der Waals surface area (Å²) in [6.45, 7) is 5.09. The van der Waals surface area contributed by atoms with E-state index in [-0.39, 0.29) is 11.7 Å². The quantitative estimate of drug-likeness (QED) is 0.724. The molecule has 0 heterocycles. The summed E-state index contributed by atoms with van der Waals surface area (Å²) in [5, 5.41) is 12.2. The molecule has 0 aliphatic heterocycles. The Labute approximate surface area is 144 Å². The van der Waals surface area contributed by atoms with Crippen LogP contribution in [-0.2, 0) is 24.1 Å². The predicted molar refractivity (Wildman–Crippen MR) is 98.1 cm³/mol. The Morgan fingerprint density at radius 1 is 0.958 bits per heavy atom. The van der Waals surface area contributed by atoms with Crippen LogP contribution in [0.3, 0.4) is 0 Å². The fraction of sp³-hybridized carbons (Fsp3) is 0.381. The number of aromatic hydroxyl groups is 1. The highest BCUT2D eigenvalue weighted by molar-refractivity contribution is 5.78. The van der Waals surface area contributed by atoms with Gasteiger partial charge in [0.25, 0.3) is 0 Å². The number of nitrogens with one attached hydrogen (secondary N) is 1. The Kier molecular flexibility index (Phi) is 6.86. The van der Waals surface area contributed by atoms with E-state index < -0.39 is 0 Å². The lowest BCUT2D eigenvalue weighted by atomic mass is 10.0. The van der Waals surface area contributed by atoms with Gasteiger partial charge in [0.1, 0.15) is 5.75 Å². The standard InChI is InChI=1S/C21H27NO2/c1-16(2)14-18-5-7-19(8-6-18)15-21(24)22-13-3-4-17-9-11-20(23)12-10-17/h5-12,16,23H,3-4,13-15H2,1-2H3,(H,22,24). The Hall–Kier alpha value is -2.29. The molecule has 3 nitrogen and oxygen atoms in total. The summed E-state index contributed by atoms with van der Waals surface area (Å²) >= 11 is 0. The summed E-state index contributed by atoms with van der Waals surface area (Å²) in [6.07, 6.45) is 3.29. The first kappa shape index (κ1) is 18.1. The number of amides is 1. The third-order valence-electron chi connectivity index (χ3n) is 3.93. The largest absolute Gasteiger partial charge is 0.508 e. The maximum atomic E-state index is 12.0. The molecule has 24 heavy (non-hydrogen) atoms. The molecular weight excluding hydrogens is 298 g/mol. The van der Waals surface area contributed by atoms with E-state index in [2.05, 4.69) is 31.3 Å². The van der Waals surface area contributed by atoms with Crippen molar-refractivity contribution in [2.45, 2.75) is 39.5 Å². The molecule has 0 fully saturated rings. The molecule has 0 aromatic heterocycles. The molecule has 0 spiro atoms. The molecule has 0 saturated heterocycles. The molecule has 0 bridgehead atoms. The van der Waals surface area contributed by atoms with Gasteiger partial charge in [0, 0.05) is 6.54 Å². The van der Waals surface area contributed by atoms with E-state index in [0.29, 0.717) is 18.9 Å². The molecule has 1 amide bonds. The van der Waals surface area contributed by atoms with Crippen LogP contribution in [-0.4, -0.2) is 17.6 Å². The van der Waals surface area contributed by atoms with E-state index in [1.165, 1.54) is 11.1 Å². The molecular formula is C21H27NO2. The van der Waals surface area contributed by atoms with E-state index >= 15 is 0 Å². The average molecular weight is 325 g/mol. The van der Waals surface area contributed by atoms with Gasteiger partial charge in [-0.3, -0.25) is 4.79 Å². The van der Waals surface area contributed by atoms with Crippen LogP contribution in [0.4, 0.5) is 0 Å². The van der Waals surface area contributed by atoms with Gasteiger partial charge in [-0.15, -0.1) is 0 Å². The van der Waals surface area contributed by atoms with E-state index in [0.717, 1.165) is 24.8 Å². The summed E-state index contributed by atoms with van der Waals surface area (Å²) in [7, 11) is 0. The molecule has 0 atom stereocenters. The molecule has 2 aromatic rings. The summed E-state index contributed by atoms with van der Waals surface area (Å²) in [6, 6.07) is 15.5. The Balaban J connectivity index is 1.68. The van der Waals surface area contributed by atoms with Crippen LogP contribution in [0.15, 0.2) is 48.5 Å². The molecule has 2 rings (SSSR count). The fourth-order valence-corrected chi connectivity index (χ4v) is 2.70. The van der Waals surface area contributed by atoms with Crippen LogP contribution in [0.25, 0.3) is 0 Å². The van der Waals surface area contributed by atoms with Crippen molar-refractivity contribution in [2.75, 3.05) is 6.54 Å². The number of phenols is 1. The lowest BCUT2D eigenvalue weighted by Crippen LogP contribution is -2.26. The van der Waals surface area contributed by atoms with Crippen LogP contribution in [0.2, 0.25) is 0 Å². The number of phenolic OH excluding ortho intramolecular Hbond substituents is 1. The van der Waals surface area contributed by atoms with Crippen molar-refractivity contribution in [3.63, 3.8) is 0 Å². The second-order valence-corrected chi connectivity index (χ2v) is 6.71. The average Bonchev–Trinajstić information content (AvgIpc) is 2.55. The predicted octanol–water partition coefficient (Wildman–Crippen LogP) is 3.88. The van der Waals surface area contributed by atoms with E-state index in [1.807, 2.05) is 24.3 Å². The zero-order valence-corrected chi connectivity index (χ0v) is 14.6. The van der Waals surface area contributed by atoms with Crippen molar-refractivity contribution in [2.24, 2.45) is 5.92 Å². The van der Waals surface area contributed by atoms with Crippen molar-refractivity contribution < 1.29 is 9.90 Å². The first-order valence-corrected chi connectivity index (χ1v) is 8.65. The first-order chi connectivity index (χ1) is 11.5. The minimum Gasteiger partial charge on any atom is -0.508 e. The number of carbonyl (C=O) groups is 1. The molecule has 0 unspecified atom stereocenters. The van der Waals surface area contributed by atoms with Gasteiger partial charge in [-0.2, -0.15) is 0 Å². The number of benzene rings is 2. The van der Waals surface area contributed by atoms with Gasteiger partial charge < -0.3 is 10.4 Å². The normalized spacial score (nSPS) is 10.8. The maximum absolute atomic E-state index is 12.0. The topological polar surface area (TPSA) is 49.3 Å². The minimum absolute atomic E-state index is 0.0670. The molecule has 128 valence electrons. The van der Waals surface area contributed by atoms with Crippen LogP contribution in [0.1, 0.15) is 37.0 Å². The lowest BCUT2D eigenvalue weighted by Gasteiger charge is -2.08. The summed E-state index contributed by atoms with van der Waals surface area (Å²) in [5.41, 5.74) is 3.55. The molecule has 3 heteroatoms. The van der Waals surface area contributed by atoms with Gasteiger partial charge in [0.2, 0.25) is 5.91 Å². The second-order valence-electron chi connectivity index (χ2n) is 6.71. The fourth-order valence-electron chi connectivity index (χ4n) is 2.70.